The molecule has 2 amide bonds. The van der Waals surface area contributed by atoms with Crippen LogP contribution in [0.25, 0.3) is 10.8 Å². The molecule has 2 aromatic carbocycles. The van der Waals surface area contributed by atoms with Crippen molar-refractivity contribution in [2.45, 2.75) is 38.6 Å². The number of hydrogen-bond donors (Lipinski definition) is 3. The largest absolute Gasteiger partial charge is 0.396 e. The highest BCUT2D eigenvalue weighted by atomic mass is 16.3. The van der Waals surface area contributed by atoms with Crippen LogP contribution in [0.3, 0.4) is 0 Å². The molecular formula is C20H24N2O3. The number of carbonyl (C=O) groups is 2. The van der Waals surface area contributed by atoms with Gasteiger partial charge in [-0.1, -0.05) is 31.2 Å². The quantitative estimate of drug-likeness (QED) is 0.725. The van der Waals surface area contributed by atoms with Gasteiger partial charge in [0.05, 0.1) is 11.3 Å². The Morgan fingerprint density at radius 1 is 1.20 bits per heavy atom. The van der Waals surface area contributed by atoms with Crippen LogP contribution in [0.15, 0.2) is 36.4 Å². The molecule has 1 aliphatic rings. The molecule has 3 rings (SSSR count). The van der Waals surface area contributed by atoms with E-state index in [1.165, 1.54) is 0 Å². The van der Waals surface area contributed by atoms with E-state index < -0.39 is 0 Å². The second-order valence-electron chi connectivity index (χ2n) is 6.60. The number of benzene rings is 2. The Labute approximate surface area is 147 Å². The Hall–Kier alpha value is -2.40. The first-order chi connectivity index (χ1) is 12.1. The summed E-state index contributed by atoms with van der Waals surface area (Å²) in [6.45, 7) is 2.00. The van der Waals surface area contributed by atoms with Gasteiger partial charge in [-0.3, -0.25) is 9.59 Å². The van der Waals surface area contributed by atoms with Gasteiger partial charge in [-0.15, -0.1) is 0 Å². The fourth-order valence-corrected chi connectivity index (χ4v) is 2.91. The van der Waals surface area contributed by atoms with Crippen molar-refractivity contribution in [2.75, 3.05) is 11.9 Å². The van der Waals surface area contributed by atoms with E-state index in [0.717, 1.165) is 30.0 Å². The average molecular weight is 340 g/mol. The number of rotatable bonds is 7. The fraction of sp³-hybridized carbons (Fsp3) is 0.400. The predicted octanol–water partition coefficient (Wildman–Crippen LogP) is 3.08. The first-order valence-corrected chi connectivity index (χ1v) is 8.87. The summed E-state index contributed by atoms with van der Waals surface area (Å²) in [6.07, 6.45) is 3.08. The summed E-state index contributed by atoms with van der Waals surface area (Å²) in [6, 6.07) is 11.4. The lowest BCUT2D eigenvalue weighted by Gasteiger charge is -2.18. The number of fused-ring (bicyclic) bond motifs is 1. The van der Waals surface area contributed by atoms with Crippen LogP contribution < -0.4 is 10.6 Å². The van der Waals surface area contributed by atoms with E-state index in [4.69, 9.17) is 5.11 Å². The van der Waals surface area contributed by atoms with Gasteiger partial charge in [0.2, 0.25) is 5.91 Å². The molecule has 0 aromatic heterocycles. The maximum absolute atomic E-state index is 12.8. The minimum Gasteiger partial charge on any atom is -0.396 e. The summed E-state index contributed by atoms with van der Waals surface area (Å²) in [5.74, 6) is -0.177. The maximum atomic E-state index is 12.8. The molecule has 1 unspecified atom stereocenters. The van der Waals surface area contributed by atoms with Crippen LogP contribution in [0.5, 0.6) is 0 Å². The first-order valence-electron chi connectivity index (χ1n) is 8.87. The third-order valence-corrected chi connectivity index (χ3v) is 4.64. The van der Waals surface area contributed by atoms with Gasteiger partial charge < -0.3 is 15.7 Å². The van der Waals surface area contributed by atoms with Crippen molar-refractivity contribution in [2.24, 2.45) is 5.92 Å². The minimum absolute atomic E-state index is 0.0215. The normalized spacial score (nSPS) is 15.0. The highest BCUT2D eigenvalue weighted by Crippen LogP contribution is 2.32. The molecule has 0 aliphatic heterocycles. The second-order valence-corrected chi connectivity index (χ2v) is 6.60. The number of aliphatic hydroxyl groups is 1. The van der Waals surface area contributed by atoms with Crippen molar-refractivity contribution in [1.82, 2.24) is 5.32 Å². The number of aliphatic hydroxyl groups excluding tert-OH is 1. The Balaban J connectivity index is 1.92. The molecule has 25 heavy (non-hydrogen) atoms. The second kappa shape index (κ2) is 7.66. The van der Waals surface area contributed by atoms with Gasteiger partial charge in [-0.25, -0.2) is 0 Å². The minimum atomic E-state index is -0.225. The van der Waals surface area contributed by atoms with Crippen LogP contribution in [0, 0.1) is 5.92 Å². The summed E-state index contributed by atoms with van der Waals surface area (Å²) >= 11 is 0. The molecular weight excluding hydrogens is 316 g/mol. The Morgan fingerprint density at radius 2 is 1.88 bits per heavy atom. The van der Waals surface area contributed by atoms with E-state index >= 15 is 0 Å². The maximum Gasteiger partial charge on any atom is 0.253 e. The van der Waals surface area contributed by atoms with E-state index in [9.17, 15) is 9.59 Å². The number of anilines is 1. The molecule has 0 bridgehead atoms. The SMILES string of the molecule is CCC(CCO)NC(=O)c1cc2ccccc2cc1NC(=O)C1CC1. The van der Waals surface area contributed by atoms with Crippen LogP contribution in [-0.4, -0.2) is 29.6 Å². The predicted molar refractivity (Wildman–Crippen MR) is 98.5 cm³/mol. The van der Waals surface area contributed by atoms with E-state index in [1.807, 2.05) is 43.3 Å². The highest BCUT2D eigenvalue weighted by molar-refractivity contribution is 6.08. The van der Waals surface area contributed by atoms with E-state index in [0.29, 0.717) is 17.7 Å². The number of hydrogen-bond acceptors (Lipinski definition) is 3. The van der Waals surface area contributed by atoms with Crippen LogP contribution in [0.1, 0.15) is 43.0 Å². The Bertz CT molecular complexity index is 784. The zero-order valence-electron chi connectivity index (χ0n) is 14.4. The van der Waals surface area contributed by atoms with Gasteiger partial charge in [-0.05, 0) is 48.6 Å². The lowest BCUT2D eigenvalue weighted by molar-refractivity contribution is -0.117. The Morgan fingerprint density at radius 3 is 2.48 bits per heavy atom. The van der Waals surface area contributed by atoms with Gasteiger partial charge in [0.15, 0.2) is 0 Å². The van der Waals surface area contributed by atoms with E-state index in [1.54, 1.807) is 0 Å². The summed E-state index contributed by atoms with van der Waals surface area (Å²) in [5, 5.41) is 16.9. The molecule has 3 N–H and O–H groups in total. The van der Waals surface area contributed by atoms with Crippen molar-refractivity contribution >= 4 is 28.3 Å². The molecule has 2 aromatic rings. The molecule has 1 fully saturated rings. The van der Waals surface area contributed by atoms with E-state index in [-0.39, 0.29) is 30.4 Å². The van der Waals surface area contributed by atoms with Gasteiger partial charge in [0.25, 0.3) is 5.91 Å². The Kier molecular flexibility index (Phi) is 5.34. The monoisotopic (exact) mass is 340 g/mol. The molecule has 132 valence electrons. The molecule has 1 aliphatic carbocycles. The summed E-state index contributed by atoms with van der Waals surface area (Å²) in [7, 11) is 0. The third-order valence-electron chi connectivity index (χ3n) is 4.64. The van der Waals surface area contributed by atoms with Crippen LogP contribution in [-0.2, 0) is 4.79 Å². The molecule has 0 spiro atoms. The molecule has 0 radical (unpaired) electrons. The number of amides is 2. The molecule has 5 heteroatoms. The molecule has 0 saturated heterocycles. The van der Waals surface area contributed by atoms with Crippen molar-refractivity contribution in [3.8, 4) is 0 Å². The van der Waals surface area contributed by atoms with E-state index in [2.05, 4.69) is 10.6 Å². The van der Waals surface area contributed by atoms with Gasteiger partial charge >= 0.3 is 0 Å². The zero-order valence-corrected chi connectivity index (χ0v) is 14.4. The summed E-state index contributed by atoms with van der Waals surface area (Å²) < 4.78 is 0. The molecule has 1 saturated carbocycles. The van der Waals surface area contributed by atoms with Crippen LogP contribution in [0.2, 0.25) is 0 Å². The zero-order chi connectivity index (χ0) is 17.8. The van der Waals surface area contributed by atoms with Crippen LogP contribution >= 0.6 is 0 Å². The fourth-order valence-electron chi connectivity index (χ4n) is 2.91. The highest BCUT2D eigenvalue weighted by Gasteiger charge is 2.30. The number of carbonyl (C=O) groups excluding carboxylic acids is 2. The van der Waals surface area contributed by atoms with Crippen molar-refractivity contribution in [3.63, 3.8) is 0 Å². The summed E-state index contributed by atoms with van der Waals surface area (Å²) in [4.78, 5) is 25.0. The average Bonchev–Trinajstić information content (AvgIpc) is 3.45. The number of nitrogens with one attached hydrogen (secondary N) is 2. The van der Waals surface area contributed by atoms with Gasteiger partial charge in [0, 0.05) is 18.6 Å². The topological polar surface area (TPSA) is 78.4 Å². The smallest absolute Gasteiger partial charge is 0.253 e. The lowest BCUT2D eigenvalue weighted by atomic mass is 10.0. The molecule has 0 heterocycles. The van der Waals surface area contributed by atoms with Crippen molar-refractivity contribution in [3.05, 3.63) is 42.0 Å². The standard InChI is InChI=1S/C20H24N2O3/c1-2-16(9-10-23)21-20(25)17-11-14-5-3-4-6-15(14)12-18(17)22-19(24)13-7-8-13/h3-6,11-13,16,23H,2,7-10H2,1H3,(H,21,25)(H,22,24). The van der Waals surface area contributed by atoms with Gasteiger partial charge in [0.1, 0.15) is 0 Å². The molecule has 5 nitrogen and oxygen atoms in total. The third kappa shape index (κ3) is 4.17. The van der Waals surface area contributed by atoms with Gasteiger partial charge in [-0.2, -0.15) is 0 Å². The van der Waals surface area contributed by atoms with Crippen LogP contribution in [0.4, 0.5) is 5.69 Å². The summed E-state index contributed by atoms with van der Waals surface area (Å²) in [5.41, 5.74) is 1.01. The lowest BCUT2D eigenvalue weighted by Crippen LogP contribution is -2.35. The van der Waals surface area contributed by atoms with Crippen molar-refractivity contribution < 1.29 is 14.7 Å². The molecule has 1 atom stereocenters. The first kappa shape index (κ1) is 17.4. The van der Waals surface area contributed by atoms with Crippen molar-refractivity contribution in [1.29, 1.82) is 0 Å².